The average molecular weight is 419 g/mol. The Labute approximate surface area is 127 Å². The van der Waals surface area contributed by atoms with Crippen molar-refractivity contribution in [3.8, 4) is 0 Å². The van der Waals surface area contributed by atoms with Crippen LogP contribution in [0.15, 0.2) is 35.7 Å². The normalized spacial score (nSPS) is 10.4. The van der Waals surface area contributed by atoms with E-state index in [9.17, 15) is 8.42 Å². The second kappa shape index (κ2) is 7.98. The van der Waals surface area contributed by atoms with E-state index >= 15 is 0 Å². The molecule has 0 aliphatic rings. The average Bonchev–Trinajstić information content (AvgIpc) is 2.02. The summed E-state index contributed by atoms with van der Waals surface area (Å²) in [7, 11) is -4.00. The molecule has 1 aromatic rings. The number of rotatable bonds is 2. The Hall–Kier alpha value is 0.766. The molecule has 1 N–H and O–H groups in total. The molecule has 14 heavy (non-hydrogen) atoms. The van der Waals surface area contributed by atoms with Gasteiger partial charge in [0.05, 0.1) is 5.41 Å². The third-order valence-corrected chi connectivity index (χ3v) is 1.71. The molecule has 0 aliphatic carbocycles. The van der Waals surface area contributed by atoms with Gasteiger partial charge in [0.25, 0.3) is 10.1 Å². The van der Waals surface area contributed by atoms with Gasteiger partial charge in [-0.3, -0.25) is 4.55 Å². The van der Waals surface area contributed by atoms with Crippen LogP contribution in [0.2, 0.25) is 0 Å². The van der Waals surface area contributed by atoms with Crippen molar-refractivity contribution in [2.45, 2.75) is 0 Å². The summed E-state index contributed by atoms with van der Waals surface area (Å²) in [4.78, 5) is 0. The fourth-order valence-corrected chi connectivity index (χ4v) is 1.06. The predicted molar refractivity (Wildman–Crippen MR) is 56.7 cm³/mol. The van der Waals surface area contributed by atoms with Gasteiger partial charge in [0.2, 0.25) is 0 Å². The van der Waals surface area contributed by atoms with E-state index in [1.165, 1.54) is 6.08 Å². The van der Waals surface area contributed by atoms with E-state index in [0.717, 1.165) is 11.0 Å². The van der Waals surface area contributed by atoms with E-state index in [1.54, 1.807) is 24.3 Å². The zero-order valence-electron chi connectivity index (χ0n) is 8.71. The molecule has 0 aromatic heterocycles. The Kier molecular flexibility index (Phi) is 9.79. The van der Waals surface area contributed by atoms with Gasteiger partial charge in [-0.25, -0.2) is 0 Å². The maximum absolute atomic E-state index is 10.3. The Morgan fingerprint density at radius 1 is 1.21 bits per heavy atom. The molecule has 0 saturated heterocycles. The third-order valence-electron chi connectivity index (χ3n) is 1.23. The molecule has 0 bridgehead atoms. The van der Waals surface area contributed by atoms with E-state index < -0.39 is 10.1 Å². The van der Waals surface area contributed by atoms with Crippen LogP contribution in [-0.2, 0) is 10.1 Å². The van der Waals surface area contributed by atoms with Crippen molar-refractivity contribution in [3.05, 3.63) is 41.3 Å². The summed E-state index contributed by atoms with van der Waals surface area (Å²) in [6, 6.07) is 8.86. The molecule has 0 heterocycles. The van der Waals surface area contributed by atoms with Gasteiger partial charge in [0.15, 0.2) is 0 Å². The van der Waals surface area contributed by atoms with Crippen molar-refractivity contribution >= 4 is 42.8 Å². The fraction of sp³-hybridized carbons (Fsp3) is 0. The van der Waals surface area contributed by atoms with Gasteiger partial charge < -0.3 is 1.43 Å². The fourth-order valence-electron chi connectivity index (χ4n) is 0.729. The van der Waals surface area contributed by atoms with Crippen LogP contribution >= 0.6 is 0 Å². The SMILES string of the molecule is O=S(=O)(O)C=Cc1ccccc1.[H-].[Na+].[PoH2]. The van der Waals surface area contributed by atoms with Gasteiger partial charge in [-0.2, -0.15) is 8.42 Å². The molecule has 0 spiro atoms. The van der Waals surface area contributed by atoms with Crippen LogP contribution in [0.5, 0.6) is 0 Å². The van der Waals surface area contributed by atoms with Gasteiger partial charge in [0.1, 0.15) is 0 Å². The van der Waals surface area contributed by atoms with Gasteiger partial charge in [-0.15, -0.1) is 0 Å². The van der Waals surface area contributed by atoms with Crippen molar-refractivity contribution in [1.29, 1.82) is 0 Å². The van der Waals surface area contributed by atoms with Crippen molar-refractivity contribution in [2.24, 2.45) is 0 Å². The van der Waals surface area contributed by atoms with Crippen molar-refractivity contribution < 1.29 is 44.0 Å². The first-order chi connectivity index (χ1) is 5.58. The Morgan fingerprint density at radius 2 is 1.71 bits per heavy atom. The Balaban J connectivity index is -0.000000480. The monoisotopic (exact) mass is 419 g/mol. The summed E-state index contributed by atoms with van der Waals surface area (Å²) < 4.78 is 28.9. The number of hydrogen-bond acceptors (Lipinski definition) is 2. The van der Waals surface area contributed by atoms with Crippen LogP contribution in [0.4, 0.5) is 0 Å². The molecule has 0 atom stereocenters. The molecular formula is C8H11NaO3PoS. The van der Waals surface area contributed by atoms with Crippen molar-refractivity contribution in [3.63, 3.8) is 0 Å². The standard InChI is InChI=1S/C8H8O3S.Na.Po.3H/c9-12(10,11)7-6-8-4-2-1-3-5-8;;;;;/h1-7H,(H,9,10,11);;;;;/q;+1;;;;-1. The summed E-state index contributed by atoms with van der Waals surface area (Å²) in [5.74, 6) is 0. The molecule has 0 unspecified atom stereocenters. The Morgan fingerprint density at radius 3 is 2.14 bits per heavy atom. The van der Waals surface area contributed by atoms with Crippen LogP contribution < -0.4 is 29.6 Å². The second-order valence-corrected chi connectivity index (χ2v) is 3.53. The van der Waals surface area contributed by atoms with Crippen LogP contribution in [0, 0.1) is 0 Å². The number of benzene rings is 1. The van der Waals surface area contributed by atoms with Crippen LogP contribution in [-0.4, -0.2) is 39.5 Å². The van der Waals surface area contributed by atoms with E-state index in [-0.39, 0.29) is 57.5 Å². The minimum atomic E-state index is -4.00. The van der Waals surface area contributed by atoms with E-state index in [4.69, 9.17) is 4.55 Å². The molecular weight excluding hydrogens is 408 g/mol. The van der Waals surface area contributed by atoms with Crippen LogP contribution in [0.1, 0.15) is 6.99 Å². The molecule has 1 rings (SSSR count). The molecule has 3 nitrogen and oxygen atoms in total. The maximum atomic E-state index is 10.3. The quantitative estimate of drug-likeness (QED) is 0.436. The molecule has 6 heteroatoms. The molecule has 1 aromatic carbocycles. The zero-order chi connectivity index (χ0) is 9.03. The zero-order valence-corrected chi connectivity index (χ0v) is 14.4. The van der Waals surface area contributed by atoms with Crippen LogP contribution in [0.3, 0.4) is 0 Å². The predicted octanol–water partition coefficient (Wildman–Crippen LogP) is -2.25. The van der Waals surface area contributed by atoms with E-state index in [0.29, 0.717) is 0 Å². The molecule has 74 valence electrons. The molecule has 0 amide bonds. The van der Waals surface area contributed by atoms with Gasteiger partial charge >= 0.3 is 56.1 Å². The summed E-state index contributed by atoms with van der Waals surface area (Å²) in [5, 5.41) is 0.752. The van der Waals surface area contributed by atoms with E-state index in [2.05, 4.69) is 0 Å². The van der Waals surface area contributed by atoms with Gasteiger partial charge in [-0.1, -0.05) is 30.3 Å². The molecule has 0 aliphatic heterocycles. The third kappa shape index (κ3) is 8.11. The topological polar surface area (TPSA) is 54.4 Å². The molecule has 0 saturated carbocycles. The first-order valence-corrected chi connectivity index (χ1v) is 4.79. The number of hydrogen-bond donors (Lipinski definition) is 1. The summed E-state index contributed by atoms with van der Waals surface area (Å²) in [5.41, 5.74) is 0.732. The van der Waals surface area contributed by atoms with Crippen LogP contribution in [0.25, 0.3) is 6.08 Å². The second-order valence-electron chi connectivity index (χ2n) is 2.23. The first kappa shape index (κ1) is 17.2. The Bertz CT molecular complexity index is 380. The van der Waals surface area contributed by atoms with Gasteiger partial charge in [-0.05, 0) is 11.6 Å². The summed E-state index contributed by atoms with van der Waals surface area (Å²) in [6.45, 7) is 0. The van der Waals surface area contributed by atoms with Crippen molar-refractivity contribution in [1.82, 2.24) is 0 Å². The molecule has 0 fully saturated rings. The summed E-state index contributed by atoms with van der Waals surface area (Å²) in [6.07, 6.45) is 1.33. The first-order valence-electron chi connectivity index (χ1n) is 3.28. The van der Waals surface area contributed by atoms with Crippen molar-refractivity contribution in [2.75, 3.05) is 0 Å². The van der Waals surface area contributed by atoms with E-state index in [1.807, 2.05) is 6.07 Å². The minimum absolute atomic E-state index is 0. The van der Waals surface area contributed by atoms with Gasteiger partial charge in [0, 0.05) is 0 Å². The molecule has 0 radical (unpaired) electrons. The summed E-state index contributed by atoms with van der Waals surface area (Å²) >= 11 is 0.